The van der Waals surface area contributed by atoms with Crippen LogP contribution in [0.5, 0.6) is 0 Å². The number of hydrogen-bond donors (Lipinski definition) is 0. The van der Waals surface area contributed by atoms with Crippen LogP contribution in [-0.4, -0.2) is 0 Å². The van der Waals surface area contributed by atoms with Crippen LogP contribution in [0.4, 0.5) is 0 Å². The van der Waals surface area contributed by atoms with Crippen molar-refractivity contribution in [3.63, 3.8) is 0 Å². The summed E-state index contributed by atoms with van der Waals surface area (Å²) >= 11 is 0. The van der Waals surface area contributed by atoms with E-state index in [4.69, 9.17) is 0 Å². The molecule has 0 nitrogen and oxygen atoms in total. The zero-order chi connectivity index (χ0) is 7.26. The summed E-state index contributed by atoms with van der Waals surface area (Å²) in [5, 5.41) is 0. The van der Waals surface area contributed by atoms with Crippen LogP contribution in [-0.2, 0) is 0 Å². The van der Waals surface area contributed by atoms with Crippen molar-refractivity contribution in [2.45, 2.75) is 32.1 Å². The normalized spacial score (nSPS) is 53.1. The number of hydrogen-bond acceptors (Lipinski definition) is 0. The first-order chi connectivity index (χ1) is 5.43. The summed E-state index contributed by atoms with van der Waals surface area (Å²) in [6, 6.07) is 0. The van der Waals surface area contributed by atoms with E-state index in [1.165, 1.54) is 25.7 Å². The third kappa shape index (κ3) is 0.816. The SMILES string of the molecule is C1=CC2CC1C1CCCC2C1. The highest BCUT2D eigenvalue weighted by molar-refractivity contribution is 5.10. The van der Waals surface area contributed by atoms with Crippen LogP contribution in [0.15, 0.2) is 12.2 Å². The van der Waals surface area contributed by atoms with Gasteiger partial charge in [-0.2, -0.15) is 0 Å². The third-order valence-corrected chi connectivity index (χ3v) is 4.12. The van der Waals surface area contributed by atoms with E-state index in [1.54, 1.807) is 6.42 Å². The van der Waals surface area contributed by atoms with Crippen LogP contribution in [0, 0.1) is 23.7 Å². The number of rotatable bonds is 0. The Morgan fingerprint density at radius 1 is 0.818 bits per heavy atom. The minimum Gasteiger partial charge on any atom is -0.0848 e. The summed E-state index contributed by atoms with van der Waals surface area (Å²) in [6.45, 7) is 0. The molecule has 2 fully saturated rings. The Balaban J connectivity index is 1.93. The molecule has 0 aromatic heterocycles. The summed E-state index contributed by atoms with van der Waals surface area (Å²) in [6.07, 6.45) is 12.7. The van der Waals surface area contributed by atoms with E-state index in [9.17, 15) is 0 Å². The lowest BCUT2D eigenvalue weighted by Gasteiger charge is -2.39. The second-order valence-corrected chi connectivity index (χ2v) is 4.64. The van der Waals surface area contributed by atoms with Crippen molar-refractivity contribution in [3.05, 3.63) is 12.2 Å². The lowest BCUT2D eigenvalue weighted by Crippen LogP contribution is -2.30. The van der Waals surface area contributed by atoms with Crippen LogP contribution in [0.2, 0.25) is 0 Å². The Hall–Kier alpha value is -0.260. The molecule has 4 atom stereocenters. The van der Waals surface area contributed by atoms with Crippen LogP contribution < -0.4 is 0 Å². The summed E-state index contributed by atoms with van der Waals surface area (Å²) in [7, 11) is 0. The minimum atomic E-state index is 0.997. The van der Waals surface area contributed by atoms with Gasteiger partial charge in [0.2, 0.25) is 0 Å². The Morgan fingerprint density at radius 3 is 2.09 bits per heavy atom. The van der Waals surface area contributed by atoms with Gasteiger partial charge < -0.3 is 0 Å². The van der Waals surface area contributed by atoms with Gasteiger partial charge in [0.25, 0.3) is 0 Å². The Morgan fingerprint density at radius 2 is 1.45 bits per heavy atom. The lowest BCUT2D eigenvalue weighted by atomic mass is 9.66. The van der Waals surface area contributed by atoms with Crippen molar-refractivity contribution in [1.82, 2.24) is 0 Å². The van der Waals surface area contributed by atoms with Crippen LogP contribution in [0.3, 0.4) is 0 Å². The molecule has 0 aliphatic heterocycles. The highest BCUT2D eigenvalue weighted by Crippen LogP contribution is 2.50. The van der Waals surface area contributed by atoms with Crippen molar-refractivity contribution >= 4 is 0 Å². The van der Waals surface area contributed by atoms with Crippen molar-refractivity contribution in [1.29, 1.82) is 0 Å². The average Bonchev–Trinajstić information content (AvgIpc) is 2.48. The highest BCUT2D eigenvalue weighted by atomic mass is 14.4. The molecular formula is C11H16. The van der Waals surface area contributed by atoms with Crippen LogP contribution in [0.1, 0.15) is 32.1 Å². The van der Waals surface area contributed by atoms with Crippen LogP contribution in [0.25, 0.3) is 0 Å². The topological polar surface area (TPSA) is 0 Å². The Labute approximate surface area is 68.7 Å². The summed E-state index contributed by atoms with van der Waals surface area (Å²) < 4.78 is 0. The average molecular weight is 148 g/mol. The second kappa shape index (κ2) is 2.12. The van der Waals surface area contributed by atoms with E-state index in [0.717, 1.165) is 23.7 Å². The van der Waals surface area contributed by atoms with E-state index in [2.05, 4.69) is 12.2 Å². The van der Waals surface area contributed by atoms with E-state index < -0.39 is 0 Å². The first-order valence-corrected chi connectivity index (χ1v) is 5.12. The van der Waals surface area contributed by atoms with Gasteiger partial charge in [0.05, 0.1) is 0 Å². The van der Waals surface area contributed by atoms with Gasteiger partial charge in [-0.05, 0) is 49.4 Å². The predicted molar refractivity (Wildman–Crippen MR) is 46.2 cm³/mol. The van der Waals surface area contributed by atoms with Gasteiger partial charge in [-0.25, -0.2) is 0 Å². The first-order valence-electron chi connectivity index (χ1n) is 5.12. The third-order valence-electron chi connectivity index (χ3n) is 4.12. The maximum absolute atomic E-state index is 2.51. The van der Waals surface area contributed by atoms with E-state index >= 15 is 0 Å². The monoisotopic (exact) mass is 148 g/mol. The smallest absolute Gasteiger partial charge is 0.0199 e. The molecule has 0 aromatic rings. The molecule has 3 rings (SSSR count). The predicted octanol–water partition coefficient (Wildman–Crippen LogP) is 3.00. The zero-order valence-electron chi connectivity index (χ0n) is 7.00. The molecule has 0 spiro atoms. The highest BCUT2D eigenvalue weighted by Gasteiger charge is 2.39. The van der Waals surface area contributed by atoms with Gasteiger partial charge >= 0.3 is 0 Å². The molecule has 0 aromatic carbocycles. The molecule has 4 bridgehead atoms. The largest absolute Gasteiger partial charge is 0.0848 e. The Kier molecular flexibility index (Phi) is 1.21. The summed E-state index contributed by atoms with van der Waals surface area (Å²) in [5.74, 6) is 4.17. The van der Waals surface area contributed by atoms with Crippen LogP contribution >= 0.6 is 0 Å². The molecule has 3 aliphatic carbocycles. The van der Waals surface area contributed by atoms with Gasteiger partial charge in [0.1, 0.15) is 0 Å². The fourth-order valence-corrected chi connectivity index (χ4v) is 3.50. The lowest BCUT2D eigenvalue weighted by molar-refractivity contribution is 0.126. The molecule has 2 saturated carbocycles. The number of allylic oxidation sites excluding steroid dienone is 2. The maximum Gasteiger partial charge on any atom is -0.0199 e. The Bertz CT molecular complexity index is 174. The molecule has 0 heteroatoms. The quantitative estimate of drug-likeness (QED) is 0.463. The summed E-state index contributed by atoms with van der Waals surface area (Å²) in [4.78, 5) is 0. The molecule has 4 unspecified atom stereocenters. The second-order valence-electron chi connectivity index (χ2n) is 4.64. The van der Waals surface area contributed by atoms with Gasteiger partial charge in [0, 0.05) is 0 Å². The molecule has 0 radical (unpaired) electrons. The maximum atomic E-state index is 2.51. The molecule has 0 heterocycles. The van der Waals surface area contributed by atoms with E-state index in [1.807, 2.05) is 0 Å². The fraction of sp³-hybridized carbons (Fsp3) is 0.818. The van der Waals surface area contributed by atoms with Crippen molar-refractivity contribution in [2.24, 2.45) is 23.7 Å². The first kappa shape index (κ1) is 6.28. The van der Waals surface area contributed by atoms with Crippen molar-refractivity contribution < 1.29 is 0 Å². The van der Waals surface area contributed by atoms with Gasteiger partial charge in [-0.3, -0.25) is 0 Å². The molecule has 0 amide bonds. The van der Waals surface area contributed by atoms with Gasteiger partial charge in [0.15, 0.2) is 0 Å². The van der Waals surface area contributed by atoms with Gasteiger partial charge in [-0.15, -0.1) is 0 Å². The molecule has 11 heavy (non-hydrogen) atoms. The van der Waals surface area contributed by atoms with Crippen molar-refractivity contribution in [2.75, 3.05) is 0 Å². The number of fused-ring (bicyclic) bond motifs is 6. The standard InChI is InChI=1S/C11H16/c1-2-8-6-9(3-1)11-5-4-10(8)7-11/h4-5,8-11H,1-3,6-7H2. The molecule has 60 valence electrons. The zero-order valence-corrected chi connectivity index (χ0v) is 7.00. The van der Waals surface area contributed by atoms with Gasteiger partial charge in [-0.1, -0.05) is 18.6 Å². The van der Waals surface area contributed by atoms with E-state index in [-0.39, 0.29) is 0 Å². The molecular weight excluding hydrogens is 132 g/mol. The molecule has 0 N–H and O–H groups in total. The van der Waals surface area contributed by atoms with E-state index in [0.29, 0.717) is 0 Å². The minimum absolute atomic E-state index is 0.997. The molecule has 3 aliphatic rings. The summed E-state index contributed by atoms with van der Waals surface area (Å²) in [5.41, 5.74) is 0. The van der Waals surface area contributed by atoms with Crippen molar-refractivity contribution in [3.8, 4) is 0 Å². The fourth-order valence-electron chi connectivity index (χ4n) is 3.50. The molecule has 0 saturated heterocycles.